The number of aryl methyl sites for hydroxylation is 1. The number of hydrogen-bond donors (Lipinski definition) is 1. The molecular weight excluding hydrogens is 381 g/mol. The normalized spacial score (nSPS) is 14.3. The molecule has 0 radical (unpaired) electrons. The Morgan fingerprint density at radius 3 is 2.70 bits per heavy atom. The van der Waals surface area contributed by atoms with Crippen molar-refractivity contribution >= 4 is 23.4 Å². The van der Waals surface area contributed by atoms with Crippen molar-refractivity contribution < 1.29 is 9.13 Å². The quantitative estimate of drug-likeness (QED) is 0.625. The Morgan fingerprint density at radius 2 is 1.93 bits per heavy atom. The molecule has 1 N–H and O–H groups in total. The van der Waals surface area contributed by atoms with Crippen molar-refractivity contribution in [3.8, 4) is 0 Å². The third-order valence-corrected chi connectivity index (χ3v) is 4.88. The van der Waals surface area contributed by atoms with E-state index in [1.807, 2.05) is 60.5 Å². The number of benzene rings is 2. The highest BCUT2D eigenvalue weighted by Crippen LogP contribution is 2.20. The zero-order valence-corrected chi connectivity index (χ0v) is 16.9. The van der Waals surface area contributed by atoms with Gasteiger partial charge in [-0.05, 0) is 42.3 Å². The number of nitrogens with one attached hydrogen (secondary N) is 1. The number of nitrogens with zero attached hydrogens (tertiary/aromatic N) is 4. The summed E-state index contributed by atoms with van der Waals surface area (Å²) < 4.78 is 19.5. The molecule has 30 heavy (non-hydrogen) atoms. The lowest BCUT2D eigenvalue weighted by molar-refractivity contribution is 0.122. The van der Waals surface area contributed by atoms with Gasteiger partial charge in [-0.2, -0.15) is 0 Å². The van der Waals surface area contributed by atoms with Crippen LogP contribution in [0.15, 0.2) is 59.7 Å². The molecule has 3 aromatic rings. The zero-order valence-electron chi connectivity index (χ0n) is 16.9. The van der Waals surface area contributed by atoms with Gasteiger partial charge in [-0.15, -0.1) is 0 Å². The van der Waals surface area contributed by atoms with Gasteiger partial charge in [0.25, 0.3) is 0 Å². The van der Waals surface area contributed by atoms with E-state index < -0.39 is 5.82 Å². The average Bonchev–Trinajstić information content (AvgIpc) is 2.78. The molecule has 0 aliphatic carbocycles. The molecular formula is C23H24FN5O. The minimum atomic E-state index is -0.415. The Balaban J connectivity index is 1.42. The number of aliphatic imine (C=N–C) groups is 1. The summed E-state index contributed by atoms with van der Waals surface area (Å²) in [6.07, 6.45) is 3.03. The van der Waals surface area contributed by atoms with Crippen LogP contribution in [0.1, 0.15) is 17.0 Å². The van der Waals surface area contributed by atoms with Crippen molar-refractivity contribution in [2.45, 2.75) is 13.5 Å². The minimum Gasteiger partial charge on any atom is -0.378 e. The predicted molar refractivity (Wildman–Crippen MR) is 117 cm³/mol. The second-order valence-corrected chi connectivity index (χ2v) is 7.09. The first-order valence-corrected chi connectivity index (χ1v) is 9.96. The summed E-state index contributed by atoms with van der Waals surface area (Å²) >= 11 is 0. The van der Waals surface area contributed by atoms with Gasteiger partial charge in [0.15, 0.2) is 17.5 Å². The molecule has 0 unspecified atom stereocenters. The summed E-state index contributed by atoms with van der Waals surface area (Å²) in [6, 6.07) is 16.2. The highest BCUT2D eigenvalue weighted by molar-refractivity contribution is 5.83. The summed E-state index contributed by atoms with van der Waals surface area (Å²) in [5.41, 5.74) is 4.19. The van der Waals surface area contributed by atoms with E-state index in [1.165, 1.54) is 6.20 Å². The van der Waals surface area contributed by atoms with Crippen molar-refractivity contribution in [1.82, 2.24) is 9.97 Å². The zero-order chi connectivity index (χ0) is 20.8. The fraction of sp³-hybridized carbons (Fsp3) is 0.261. The van der Waals surface area contributed by atoms with E-state index >= 15 is 0 Å². The van der Waals surface area contributed by atoms with Crippen molar-refractivity contribution in [2.75, 3.05) is 36.5 Å². The van der Waals surface area contributed by atoms with Crippen LogP contribution in [0.3, 0.4) is 0 Å². The predicted octanol–water partition coefficient (Wildman–Crippen LogP) is 4.12. The van der Waals surface area contributed by atoms with E-state index in [0.717, 1.165) is 22.5 Å². The molecule has 4 rings (SSSR count). The number of morpholine rings is 1. The van der Waals surface area contributed by atoms with Gasteiger partial charge in [-0.3, -0.25) is 4.99 Å². The van der Waals surface area contributed by atoms with Gasteiger partial charge in [0, 0.05) is 30.7 Å². The molecule has 0 amide bonds. The molecule has 1 fully saturated rings. The van der Waals surface area contributed by atoms with E-state index in [0.29, 0.717) is 44.5 Å². The van der Waals surface area contributed by atoms with E-state index in [1.54, 1.807) is 0 Å². The number of aromatic nitrogens is 2. The largest absolute Gasteiger partial charge is 0.378 e. The molecule has 1 aromatic heterocycles. The molecule has 0 saturated carbocycles. The maximum atomic E-state index is 14.1. The lowest BCUT2D eigenvalue weighted by Crippen LogP contribution is -2.37. The third kappa shape index (κ3) is 4.99. The summed E-state index contributed by atoms with van der Waals surface area (Å²) in [6.45, 7) is 4.73. The van der Waals surface area contributed by atoms with Crippen LogP contribution in [-0.2, 0) is 11.3 Å². The smallest absolute Gasteiger partial charge is 0.183 e. The second-order valence-electron chi connectivity index (χ2n) is 7.09. The number of anilines is 3. The Bertz CT molecular complexity index is 1020. The Morgan fingerprint density at radius 1 is 1.13 bits per heavy atom. The molecule has 6 nitrogen and oxygen atoms in total. The molecule has 1 aliphatic heterocycles. The fourth-order valence-corrected chi connectivity index (χ4v) is 3.28. The Hall–Kier alpha value is -3.32. The molecule has 1 aliphatic rings. The van der Waals surface area contributed by atoms with Crippen LogP contribution in [-0.4, -0.2) is 42.5 Å². The van der Waals surface area contributed by atoms with Crippen LogP contribution in [0.25, 0.3) is 0 Å². The van der Waals surface area contributed by atoms with Crippen LogP contribution >= 0.6 is 0 Å². The van der Waals surface area contributed by atoms with Crippen molar-refractivity contribution in [2.24, 2.45) is 4.99 Å². The lowest BCUT2D eigenvalue weighted by atomic mass is 10.1. The molecule has 2 heterocycles. The van der Waals surface area contributed by atoms with Crippen LogP contribution in [0.4, 0.5) is 21.6 Å². The standard InChI is InChI=1S/C23H24FN5O/c1-17-13-20(27-19-5-3-2-4-6-19)8-7-18(17)14-25-16-22-26-15-21(24)23(28-22)29-9-11-30-12-10-29/h2-8,13-15,27H,9-12,16H2,1H3. The topological polar surface area (TPSA) is 62.6 Å². The van der Waals surface area contributed by atoms with Gasteiger partial charge in [0.05, 0.1) is 26.0 Å². The van der Waals surface area contributed by atoms with Crippen LogP contribution < -0.4 is 10.2 Å². The first-order chi connectivity index (χ1) is 14.7. The van der Waals surface area contributed by atoms with Gasteiger partial charge in [-0.25, -0.2) is 14.4 Å². The van der Waals surface area contributed by atoms with Crippen LogP contribution in [0.5, 0.6) is 0 Å². The SMILES string of the molecule is Cc1cc(Nc2ccccc2)ccc1C=NCc1ncc(F)c(N2CCOCC2)n1. The van der Waals surface area contributed by atoms with E-state index in [-0.39, 0.29) is 0 Å². The molecule has 2 aromatic carbocycles. The van der Waals surface area contributed by atoms with Gasteiger partial charge < -0.3 is 15.0 Å². The third-order valence-electron chi connectivity index (χ3n) is 4.88. The Kier molecular flexibility index (Phi) is 6.29. The summed E-state index contributed by atoms with van der Waals surface area (Å²) in [4.78, 5) is 14.8. The van der Waals surface area contributed by atoms with Crippen molar-refractivity contribution in [1.29, 1.82) is 0 Å². The lowest BCUT2D eigenvalue weighted by Gasteiger charge is -2.28. The molecule has 0 spiro atoms. The van der Waals surface area contributed by atoms with Crippen molar-refractivity contribution in [3.05, 3.63) is 77.5 Å². The van der Waals surface area contributed by atoms with Crippen LogP contribution in [0.2, 0.25) is 0 Å². The molecule has 7 heteroatoms. The maximum absolute atomic E-state index is 14.1. The van der Waals surface area contributed by atoms with E-state index in [9.17, 15) is 4.39 Å². The van der Waals surface area contributed by atoms with Crippen molar-refractivity contribution in [3.63, 3.8) is 0 Å². The number of hydrogen-bond acceptors (Lipinski definition) is 6. The molecule has 0 atom stereocenters. The minimum absolute atomic E-state index is 0.293. The summed E-state index contributed by atoms with van der Waals surface area (Å²) in [7, 11) is 0. The van der Waals surface area contributed by atoms with E-state index in [4.69, 9.17) is 4.74 Å². The molecule has 0 bridgehead atoms. The monoisotopic (exact) mass is 405 g/mol. The van der Waals surface area contributed by atoms with E-state index in [2.05, 4.69) is 26.3 Å². The second kappa shape index (κ2) is 9.45. The van der Waals surface area contributed by atoms with Gasteiger partial charge in [0.1, 0.15) is 0 Å². The fourth-order valence-electron chi connectivity index (χ4n) is 3.28. The van der Waals surface area contributed by atoms with Gasteiger partial charge in [0.2, 0.25) is 0 Å². The Labute approximate surface area is 175 Å². The van der Waals surface area contributed by atoms with Gasteiger partial charge >= 0.3 is 0 Å². The first-order valence-electron chi connectivity index (χ1n) is 9.96. The summed E-state index contributed by atoms with van der Waals surface area (Å²) in [5.74, 6) is 0.405. The maximum Gasteiger partial charge on any atom is 0.183 e. The average molecular weight is 405 g/mol. The van der Waals surface area contributed by atoms with Gasteiger partial charge in [-0.1, -0.05) is 24.3 Å². The molecule has 154 valence electrons. The first kappa shape index (κ1) is 20.0. The number of ether oxygens (including phenoxy) is 1. The molecule has 1 saturated heterocycles. The number of rotatable bonds is 6. The van der Waals surface area contributed by atoms with Crippen LogP contribution in [0, 0.1) is 12.7 Å². The highest BCUT2D eigenvalue weighted by atomic mass is 19.1. The number of halogens is 1. The highest BCUT2D eigenvalue weighted by Gasteiger charge is 2.17. The summed E-state index contributed by atoms with van der Waals surface area (Å²) in [5, 5.41) is 3.38. The number of para-hydroxylation sites is 1.